The van der Waals surface area contributed by atoms with Gasteiger partial charge in [-0.25, -0.2) is 19.2 Å². The number of halogens is 1. The lowest BCUT2D eigenvalue weighted by atomic mass is 9.97. The van der Waals surface area contributed by atoms with Crippen LogP contribution in [0.2, 0.25) is 0 Å². The van der Waals surface area contributed by atoms with Crippen LogP contribution in [0.4, 0.5) is 4.39 Å². The SMILES string of the molecule is CN(C)CCON1C(C(CO)N(C)C)=NC=C(c2ccc(F)cc2)C1C(=O)O. The van der Waals surface area contributed by atoms with E-state index < -0.39 is 23.9 Å². The van der Waals surface area contributed by atoms with Gasteiger partial charge in [-0.3, -0.25) is 9.74 Å². The average Bonchev–Trinajstić information content (AvgIpc) is 2.62. The third kappa shape index (κ3) is 5.14. The predicted molar refractivity (Wildman–Crippen MR) is 104 cm³/mol. The summed E-state index contributed by atoms with van der Waals surface area (Å²) in [4.78, 5) is 26.0. The van der Waals surface area contributed by atoms with Crippen LogP contribution in [0.3, 0.4) is 0 Å². The molecule has 0 bridgehead atoms. The van der Waals surface area contributed by atoms with Crippen molar-refractivity contribution >= 4 is 17.4 Å². The molecule has 0 aromatic heterocycles. The molecular weight excluding hydrogens is 367 g/mol. The fraction of sp³-hybridized carbons (Fsp3) is 0.474. The molecule has 0 radical (unpaired) electrons. The first-order valence-corrected chi connectivity index (χ1v) is 8.87. The summed E-state index contributed by atoms with van der Waals surface area (Å²) in [6.07, 6.45) is 1.44. The quantitative estimate of drug-likeness (QED) is 0.639. The second-order valence-corrected chi connectivity index (χ2v) is 6.94. The summed E-state index contributed by atoms with van der Waals surface area (Å²) < 4.78 is 13.3. The molecule has 0 saturated carbocycles. The third-order valence-corrected chi connectivity index (χ3v) is 4.37. The van der Waals surface area contributed by atoms with E-state index in [9.17, 15) is 19.4 Å². The highest BCUT2D eigenvalue weighted by Crippen LogP contribution is 2.28. The van der Waals surface area contributed by atoms with Crippen molar-refractivity contribution in [2.24, 2.45) is 4.99 Å². The molecule has 0 aliphatic carbocycles. The molecule has 1 aromatic carbocycles. The summed E-state index contributed by atoms with van der Waals surface area (Å²) in [5, 5.41) is 21.0. The maximum Gasteiger partial charge on any atom is 0.333 e. The number of hydroxylamine groups is 2. The van der Waals surface area contributed by atoms with Crippen LogP contribution in [0.25, 0.3) is 5.57 Å². The van der Waals surface area contributed by atoms with Gasteiger partial charge < -0.3 is 15.1 Å². The maximum atomic E-state index is 13.3. The zero-order chi connectivity index (χ0) is 20.8. The van der Waals surface area contributed by atoms with Gasteiger partial charge in [-0.1, -0.05) is 12.1 Å². The molecule has 2 atom stereocenters. The van der Waals surface area contributed by atoms with E-state index in [-0.39, 0.29) is 13.2 Å². The van der Waals surface area contributed by atoms with Gasteiger partial charge in [0.1, 0.15) is 11.7 Å². The minimum Gasteiger partial charge on any atom is -0.479 e. The molecule has 8 nitrogen and oxygen atoms in total. The van der Waals surface area contributed by atoms with Crippen LogP contribution >= 0.6 is 0 Å². The van der Waals surface area contributed by atoms with Crippen molar-refractivity contribution in [3.8, 4) is 0 Å². The molecule has 1 aliphatic rings. The summed E-state index contributed by atoms with van der Waals surface area (Å²) >= 11 is 0. The number of aliphatic carboxylic acids is 1. The van der Waals surface area contributed by atoms with Crippen molar-refractivity contribution < 1.29 is 24.2 Å². The number of rotatable bonds is 9. The number of nitrogens with zero attached hydrogens (tertiary/aromatic N) is 4. The van der Waals surface area contributed by atoms with Crippen molar-refractivity contribution in [2.75, 3.05) is 47.9 Å². The van der Waals surface area contributed by atoms with Crippen LogP contribution in [0.15, 0.2) is 35.5 Å². The van der Waals surface area contributed by atoms with Crippen LogP contribution in [0.1, 0.15) is 5.56 Å². The van der Waals surface area contributed by atoms with Crippen molar-refractivity contribution in [2.45, 2.75) is 12.1 Å². The third-order valence-electron chi connectivity index (χ3n) is 4.37. The van der Waals surface area contributed by atoms with Gasteiger partial charge in [-0.05, 0) is 45.9 Å². The summed E-state index contributed by atoms with van der Waals surface area (Å²) in [6.45, 7) is 0.543. The van der Waals surface area contributed by atoms with Crippen molar-refractivity contribution in [3.05, 3.63) is 41.8 Å². The number of aliphatic imine (C=N–C) groups is 1. The second-order valence-electron chi connectivity index (χ2n) is 6.94. The lowest BCUT2D eigenvalue weighted by Gasteiger charge is -2.38. The molecule has 0 fully saturated rings. The normalized spacial score (nSPS) is 18.3. The fourth-order valence-corrected chi connectivity index (χ4v) is 2.80. The van der Waals surface area contributed by atoms with Crippen LogP contribution in [0, 0.1) is 5.82 Å². The van der Waals surface area contributed by atoms with E-state index in [2.05, 4.69) is 4.99 Å². The first-order valence-electron chi connectivity index (χ1n) is 8.87. The largest absolute Gasteiger partial charge is 0.479 e. The first-order chi connectivity index (χ1) is 13.3. The standard InChI is InChI=1S/C19H27FN4O4/c1-22(2)9-10-28-24-17(19(26)27)15(13-5-7-14(20)8-6-13)11-21-18(24)16(12-25)23(3)4/h5-8,11,16-17,25H,9-10,12H2,1-4H3,(H,26,27). The lowest BCUT2D eigenvalue weighted by molar-refractivity contribution is -0.162. The first kappa shape index (κ1) is 22.0. The Kier molecular flexibility index (Phi) is 7.64. The molecule has 9 heteroatoms. The predicted octanol–water partition coefficient (Wildman–Crippen LogP) is 0.750. The lowest BCUT2D eigenvalue weighted by Crippen LogP contribution is -2.55. The Morgan fingerprint density at radius 3 is 2.43 bits per heavy atom. The number of amidine groups is 1. The molecule has 0 saturated heterocycles. The molecular formula is C19H27FN4O4. The van der Waals surface area contributed by atoms with Gasteiger partial charge in [0.25, 0.3) is 0 Å². The number of aliphatic hydroxyl groups excluding tert-OH is 1. The Bertz CT molecular complexity index is 734. The molecule has 28 heavy (non-hydrogen) atoms. The minimum absolute atomic E-state index is 0.234. The van der Waals surface area contributed by atoms with Crippen molar-refractivity contribution in [1.29, 1.82) is 0 Å². The number of carboxylic acids is 1. The second kappa shape index (κ2) is 9.74. The number of carboxylic acid groups (broad SMARTS) is 1. The average molecular weight is 394 g/mol. The smallest absolute Gasteiger partial charge is 0.333 e. The minimum atomic E-state index is -1.19. The van der Waals surface area contributed by atoms with E-state index in [0.717, 1.165) is 0 Å². The number of benzene rings is 1. The van der Waals surface area contributed by atoms with Crippen molar-refractivity contribution in [1.82, 2.24) is 14.9 Å². The Balaban J connectivity index is 2.48. The molecule has 154 valence electrons. The molecule has 1 aromatic rings. The summed E-state index contributed by atoms with van der Waals surface area (Å²) in [5.74, 6) is -1.25. The highest BCUT2D eigenvalue weighted by Gasteiger charge is 2.39. The zero-order valence-corrected chi connectivity index (χ0v) is 16.5. The number of aliphatic hydroxyl groups is 1. The van der Waals surface area contributed by atoms with Gasteiger partial charge in [-0.15, -0.1) is 0 Å². The summed E-state index contributed by atoms with van der Waals surface area (Å²) in [5.41, 5.74) is 0.903. The van der Waals surface area contributed by atoms with Crippen LogP contribution in [0.5, 0.6) is 0 Å². The molecule has 2 unspecified atom stereocenters. The maximum absolute atomic E-state index is 13.3. The van der Waals surface area contributed by atoms with Crippen LogP contribution in [-0.2, 0) is 9.63 Å². The Labute approximate surface area is 164 Å². The van der Waals surface area contributed by atoms with E-state index in [4.69, 9.17) is 4.84 Å². The van der Waals surface area contributed by atoms with Gasteiger partial charge in [0.2, 0.25) is 0 Å². The summed E-state index contributed by atoms with van der Waals surface area (Å²) in [7, 11) is 7.28. The van der Waals surface area contributed by atoms with Crippen LogP contribution < -0.4 is 0 Å². The monoisotopic (exact) mass is 394 g/mol. The van der Waals surface area contributed by atoms with Gasteiger partial charge in [0, 0.05) is 18.3 Å². The fourth-order valence-electron chi connectivity index (χ4n) is 2.80. The molecule has 0 amide bonds. The van der Waals surface area contributed by atoms with Gasteiger partial charge in [0.15, 0.2) is 6.04 Å². The molecule has 2 N–H and O–H groups in total. The topological polar surface area (TPSA) is 88.8 Å². The van der Waals surface area contributed by atoms with Gasteiger partial charge in [-0.2, -0.15) is 0 Å². The van der Waals surface area contributed by atoms with E-state index >= 15 is 0 Å². The Hall–Kier alpha value is -2.33. The highest BCUT2D eigenvalue weighted by atomic mass is 19.1. The van der Waals surface area contributed by atoms with Crippen molar-refractivity contribution in [3.63, 3.8) is 0 Å². The Morgan fingerprint density at radius 1 is 1.29 bits per heavy atom. The van der Waals surface area contributed by atoms with Crippen LogP contribution in [-0.4, -0.2) is 96.9 Å². The van der Waals surface area contributed by atoms with E-state index in [1.165, 1.54) is 35.5 Å². The molecule has 0 spiro atoms. The van der Waals surface area contributed by atoms with Gasteiger partial charge >= 0.3 is 5.97 Å². The number of carbonyl (C=O) groups is 1. The molecule has 2 rings (SSSR count). The number of hydrogen-bond donors (Lipinski definition) is 2. The number of hydrogen-bond acceptors (Lipinski definition) is 7. The summed E-state index contributed by atoms with van der Waals surface area (Å²) in [6, 6.07) is 3.81. The Morgan fingerprint density at radius 2 is 1.93 bits per heavy atom. The zero-order valence-electron chi connectivity index (χ0n) is 16.5. The van der Waals surface area contributed by atoms with E-state index in [1.54, 1.807) is 19.0 Å². The molecule has 1 aliphatic heterocycles. The highest BCUT2D eigenvalue weighted by molar-refractivity contribution is 6.00. The van der Waals surface area contributed by atoms with Gasteiger partial charge in [0.05, 0.1) is 19.3 Å². The molecule has 1 heterocycles. The van der Waals surface area contributed by atoms with E-state index in [1.807, 2.05) is 19.0 Å². The van der Waals surface area contributed by atoms with E-state index in [0.29, 0.717) is 23.5 Å². The number of likely N-dealkylation sites (N-methyl/N-ethyl adjacent to an activating group) is 2.